The molecule has 4 N–H and O–H groups in total. The lowest BCUT2D eigenvalue weighted by molar-refractivity contribution is -0.121. The molecule has 3 rings (SSSR count). The smallest absolute Gasteiger partial charge is 0.245 e. The summed E-state index contributed by atoms with van der Waals surface area (Å²) in [7, 11) is -2.57. The van der Waals surface area contributed by atoms with Gasteiger partial charge in [-0.05, 0) is 34.4 Å². The molecule has 0 aliphatic carbocycles. The molecule has 0 fully saturated rings. The zero-order valence-electron chi connectivity index (χ0n) is 26.2. The van der Waals surface area contributed by atoms with Gasteiger partial charge in [0, 0.05) is 58.5 Å². The number of aliphatic hydroxyl groups is 1. The van der Waals surface area contributed by atoms with Crippen LogP contribution in [-0.4, -0.2) is 75.3 Å². The summed E-state index contributed by atoms with van der Waals surface area (Å²) in [4.78, 5) is 24.4. The average molecular weight is 637 g/mol. The quantitative estimate of drug-likeness (QED) is 0.0774. The number of benzene rings is 3. The second-order valence-electron chi connectivity index (χ2n) is 11.2. The molecule has 45 heavy (non-hydrogen) atoms. The Kier molecular flexibility index (Phi) is 14.0. The van der Waals surface area contributed by atoms with Gasteiger partial charge >= 0.3 is 0 Å². The number of methoxy groups -OCH3 is 1. The van der Waals surface area contributed by atoms with Crippen LogP contribution in [0.25, 0.3) is 10.8 Å². The molecular formula is C34H44N4O6S. The summed E-state index contributed by atoms with van der Waals surface area (Å²) in [5, 5.41) is 22.1. The van der Waals surface area contributed by atoms with E-state index in [-0.39, 0.29) is 67.9 Å². The van der Waals surface area contributed by atoms with E-state index in [1.807, 2.05) is 68.4 Å². The lowest BCUT2D eigenvalue weighted by Gasteiger charge is -2.40. The molecule has 0 radical (unpaired) electrons. The van der Waals surface area contributed by atoms with Crippen LogP contribution < -0.4 is 16.0 Å². The standard InChI is InChI=1S/C34H44N4O6S/c1-27(2)26-38(45(42,43)31-17-16-29-13-7-8-14-30(29)23-31)34(41,24-28-11-5-4-6-12-28)18-20-37-32(39)15-9-10-19-36-33(40)25-35-21-22-44-3/h4-8,11-14,16-17,23,27,35,41H,9,15,18,20-22,24-26H2,1-3H3,(H,36,40)(H,37,39). The van der Waals surface area contributed by atoms with Crippen LogP contribution in [0.2, 0.25) is 0 Å². The maximum atomic E-state index is 14.2. The minimum atomic E-state index is -4.15. The van der Waals surface area contributed by atoms with E-state index >= 15 is 0 Å². The summed E-state index contributed by atoms with van der Waals surface area (Å²) in [5.74, 6) is 2.07. The number of rotatable bonds is 17. The van der Waals surface area contributed by atoms with Crippen molar-refractivity contribution in [3.8, 4) is 12.0 Å². The van der Waals surface area contributed by atoms with E-state index in [0.717, 1.165) is 16.3 Å². The van der Waals surface area contributed by atoms with Gasteiger partial charge in [-0.15, -0.1) is 0 Å². The fraction of sp³-hybridized carbons (Fsp3) is 0.412. The Morgan fingerprint density at radius 1 is 0.978 bits per heavy atom. The summed E-state index contributed by atoms with van der Waals surface area (Å²) >= 11 is 0. The third-order valence-electron chi connectivity index (χ3n) is 7.02. The first kappa shape index (κ1) is 35.7. The van der Waals surface area contributed by atoms with Crippen molar-refractivity contribution in [1.29, 1.82) is 0 Å². The highest BCUT2D eigenvalue weighted by Crippen LogP contribution is 2.31. The van der Waals surface area contributed by atoms with Crippen molar-refractivity contribution in [2.24, 2.45) is 5.92 Å². The van der Waals surface area contributed by atoms with Gasteiger partial charge < -0.3 is 20.5 Å². The number of ether oxygens (including phenoxy) is 1. The number of nitrogens with zero attached hydrogens (tertiary/aromatic N) is 1. The Balaban J connectivity index is 1.72. The van der Waals surface area contributed by atoms with Crippen LogP contribution in [0, 0.1) is 17.9 Å². The summed E-state index contributed by atoms with van der Waals surface area (Å²) in [6.07, 6.45) is 0.296. The van der Waals surface area contributed by atoms with E-state index in [2.05, 4.69) is 27.9 Å². The van der Waals surface area contributed by atoms with Crippen LogP contribution in [0.1, 0.15) is 38.7 Å². The Morgan fingerprint density at radius 2 is 1.69 bits per heavy atom. The van der Waals surface area contributed by atoms with Crippen molar-refractivity contribution in [2.75, 3.05) is 39.9 Å². The Morgan fingerprint density at radius 3 is 2.40 bits per heavy atom. The molecule has 1 unspecified atom stereocenters. The van der Waals surface area contributed by atoms with Gasteiger partial charge in [-0.3, -0.25) is 14.9 Å². The van der Waals surface area contributed by atoms with Gasteiger partial charge in [-0.25, -0.2) is 8.42 Å². The van der Waals surface area contributed by atoms with Gasteiger partial charge in [-0.2, -0.15) is 4.31 Å². The number of hydrogen-bond acceptors (Lipinski definition) is 7. The highest BCUT2D eigenvalue weighted by atomic mass is 32.2. The topological polar surface area (TPSA) is 137 Å². The number of hydrogen-bond donors (Lipinski definition) is 4. The molecule has 0 saturated carbocycles. The van der Waals surface area contributed by atoms with Gasteiger partial charge in [-0.1, -0.05) is 80.4 Å². The second-order valence-corrected chi connectivity index (χ2v) is 13.1. The molecule has 0 saturated heterocycles. The predicted molar refractivity (Wildman–Crippen MR) is 175 cm³/mol. The minimum Gasteiger partial charge on any atom is -0.383 e. The van der Waals surface area contributed by atoms with Crippen molar-refractivity contribution in [3.05, 3.63) is 78.4 Å². The van der Waals surface area contributed by atoms with E-state index in [9.17, 15) is 23.1 Å². The van der Waals surface area contributed by atoms with Crippen LogP contribution in [0.3, 0.4) is 0 Å². The number of amides is 2. The lowest BCUT2D eigenvalue weighted by Crippen LogP contribution is -2.55. The molecule has 0 bridgehead atoms. The fourth-order valence-corrected chi connectivity index (χ4v) is 6.63. The monoisotopic (exact) mass is 636 g/mol. The van der Waals surface area contributed by atoms with Crippen molar-refractivity contribution >= 4 is 32.6 Å². The van der Waals surface area contributed by atoms with Crippen LogP contribution in [0.5, 0.6) is 0 Å². The van der Waals surface area contributed by atoms with E-state index in [1.165, 1.54) is 4.31 Å². The third kappa shape index (κ3) is 11.3. The molecule has 0 heterocycles. The normalized spacial score (nSPS) is 12.8. The molecule has 11 heteroatoms. The molecule has 10 nitrogen and oxygen atoms in total. The van der Waals surface area contributed by atoms with Crippen molar-refractivity contribution < 1.29 is 27.9 Å². The number of nitrogens with one attached hydrogen (secondary N) is 3. The number of sulfonamides is 1. The van der Waals surface area contributed by atoms with Gasteiger partial charge in [0.25, 0.3) is 0 Å². The largest absolute Gasteiger partial charge is 0.383 e. The summed E-state index contributed by atoms with van der Waals surface area (Å²) in [6.45, 7) is 5.06. The average Bonchev–Trinajstić information content (AvgIpc) is 3.02. The highest BCUT2D eigenvalue weighted by molar-refractivity contribution is 7.89. The van der Waals surface area contributed by atoms with E-state index in [0.29, 0.717) is 13.2 Å². The maximum absolute atomic E-state index is 14.2. The van der Waals surface area contributed by atoms with Gasteiger partial charge in [0.15, 0.2) is 0 Å². The molecule has 3 aromatic rings. The van der Waals surface area contributed by atoms with E-state index < -0.39 is 15.7 Å². The molecule has 0 spiro atoms. The van der Waals surface area contributed by atoms with Crippen LogP contribution in [0.15, 0.2) is 77.7 Å². The first-order valence-corrected chi connectivity index (χ1v) is 16.5. The van der Waals surface area contributed by atoms with Crippen LogP contribution in [0.4, 0.5) is 0 Å². The molecule has 0 aromatic heterocycles. The van der Waals surface area contributed by atoms with Gasteiger partial charge in [0.1, 0.15) is 5.72 Å². The summed E-state index contributed by atoms with van der Waals surface area (Å²) < 4.78 is 34.5. The Hall–Kier alpha value is -3.79. The molecule has 242 valence electrons. The number of carbonyl (C=O) groups excluding carboxylic acids is 2. The SMILES string of the molecule is COCCNCC(=O)NC#CCCC(=O)NCCC(O)(Cc1ccccc1)N(CC(C)C)S(=O)(=O)c1ccc2ccccc2c1. The predicted octanol–water partition coefficient (Wildman–Crippen LogP) is 3.02. The molecule has 1 atom stereocenters. The molecule has 0 aliphatic rings. The van der Waals surface area contributed by atoms with Crippen LogP contribution >= 0.6 is 0 Å². The van der Waals surface area contributed by atoms with E-state index in [1.54, 1.807) is 25.3 Å². The Labute approximate surface area is 266 Å². The van der Waals surface area contributed by atoms with Crippen molar-refractivity contribution in [1.82, 2.24) is 20.3 Å². The first-order chi connectivity index (χ1) is 21.5. The number of fused-ring (bicyclic) bond motifs is 1. The molecule has 0 aliphatic heterocycles. The maximum Gasteiger partial charge on any atom is 0.245 e. The lowest BCUT2D eigenvalue weighted by atomic mass is 9.98. The second kappa shape index (κ2) is 17.6. The molecule has 2 amide bonds. The van der Waals surface area contributed by atoms with Gasteiger partial charge in [0.2, 0.25) is 21.8 Å². The summed E-state index contributed by atoms with van der Waals surface area (Å²) in [6, 6.07) is 24.2. The van der Waals surface area contributed by atoms with E-state index in [4.69, 9.17) is 4.74 Å². The van der Waals surface area contributed by atoms with Gasteiger partial charge in [0.05, 0.1) is 18.0 Å². The summed E-state index contributed by atoms with van der Waals surface area (Å²) in [5.41, 5.74) is -1.06. The van der Waals surface area contributed by atoms with Crippen molar-refractivity contribution in [3.63, 3.8) is 0 Å². The highest BCUT2D eigenvalue weighted by Gasteiger charge is 2.43. The molecular weight excluding hydrogens is 592 g/mol. The zero-order chi connectivity index (χ0) is 32.7. The fourth-order valence-electron chi connectivity index (χ4n) is 4.77. The Bertz CT molecular complexity index is 1570. The van der Waals surface area contributed by atoms with Crippen LogP contribution in [-0.2, 0) is 30.8 Å². The first-order valence-electron chi connectivity index (χ1n) is 15.1. The zero-order valence-corrected chi connectivity index (χ0v) is 27.0. The van der Waals surface area contributed by atoms with Crippen molar-refractivity contribution in [2.45, 2.75) is 50.2 Å². The molecule has 3 aromatic carbocycles. The number of carbonyl (C=O) groups is 2. The third-order valence-corrected chi connectivity index (χ3v) is 8.94. The minimum absolute atomic E-state index is 0.0364.